The molecule has 0 aliphatic carbocycles. The van der Waals surface area contributed by atoms with Gasteiger partial charge in [0.05, 0.1) is 27.6 Å². The maximum absolute atomic E-state index is 13.5. The monoisotopic (exact) mass is 592 g/mol. The van der Waals surface area contributed by atoms with Gasteiger partial charge in [0.15, 0.2) is 5.82 Å². The number of alkyl halides is 3. The van der Waals surface area contributed by atoms with Gasteiger partial charge < -0.3 is 4.74 Å². The van der Waals surface area contributed by atoms with Crippen molar-refractivity contribution in [3.05, 3.63) is 133 Å². The fourth-order valence-corrected chi connectivity index (χ4v) is 4.42. The van der Waals surface area contributed by atoms with Crippen LogP contribution in [0.2, 0.25) is 5.02 Å². The van der Waals surface area contributed by atoms with Crippen LogP contribution in [-0.2, 0) is 12.8 Å². The summed E-state index contributed by atoms with van der Waals surface area (Å²) in [6, 6.07) is 20.5. The van der Waals surface area contributed by atoms with Gasteiger partial charge in [-0.25, -0.2) is 4.98 Å². The molecule has 0 saturated carbocycles. The fourth-order valence-electron chi connectivity index (χ4n) is 4.20. The number of aromatic nitrogens is 2. The Labute approximate surface area is 241 Å². The van der Waals surface area contributed by atoms with Crippen molar-refractivity contribution in [2.45, 2.75) is 19.7 Å². The zero-order valence-electron chi connectivity index (χ0n) is 21.8. The van der Waals surface area contributed by atoms with E-state index >= 15 is 0 Å². The molecule has 0 bridgehead atoms. The summed E-state index contributed by atoms with van der Waals surface area (Å²) in [5.41, 5.74) is 0.0387. The van der Waals surface area contributed by atoms with Crippen LogP contribution in [0.5, 0.6) is 5.75 Å². The van der Waals surface area contributed by atoms with E-state index in [1.807, 2.05) is 31.2 Å². The Kier molecular flexibility index (Phi) is 7.77. The predicted molar refractivity (Wildman–Crippen MR) is 153 cm³/mol. The minimum atomic E-state index is -4.63. The number of nitro groups is 1. The van der Waals surface area contributed by atoms with E-state index in [0.717, 1.165) is 40.2 Å². The van der Waals surface area contributed by atoms with E-state index in [1.54, 1.807) is 18.2 Å². The smallest absolute Gasteiger partial charge is 0.416 e. The van der Waals surface area contributed by atoms with Crippen LogP contribution in [-0.4, -0.2) is 20.8 Å². The summed E-state index contributed by atoms with van der Waals surface area (Å²) in [4.78, 5) is 29.2. The maximum Gasteiger partial charge on any atom is 0.416 e. The number of para-hydroxylation sites is 1. The first-order valence-corrected chi connectivity index (χ1v) is 12.8. The quantitative estimate of drug-likeness (QED) is 0.111. The SMILES string of the molecule is Cc1ccc(COc2c(C=Nn3c(-c4cccc(C(F)(F)F)c4)nc4ccccc4c3=O)cc(Cl)cc2[N+](=O)[O-])cc1. The largest absolute Gasteiger partial charge is 0.481 e. The molecule has 0 N–H and O–H groups in total. The third kappa shape index (κ3) is 6.01. The second kappa shape index (κ2) is 11.5. The van der Waals surface area contributed by atoms with Crippen molar-refractivity contribution in [3.63, 3.8) is 0 Å². The van der Waals surface area contributed by atoms with E-state index in [2.05, 4.69) is 10.1 Å². The van der Waals surface area contributed by atoms with Gasteiger partial charge in [0.1, 0.15) is 6.61 Å². The Bertz CT molecular complexity index is 1900. The number of nitro benzene ring substituents is 1. The minimum absolute atomic E-state index is 0.00733. The van der Waals surface area contributed by atoms with Crippen LogP contribution in [0.4, 0.5) is 18.9 Å². The highest BCUT2D eigenvalue weighted by molar-refractivity contribution is 6.31. The first kappa shape index (κ1) is 28.5. The van der Waals surface area contributed by atoms with E-state index in [-0.39, 0.29) is 45.2 Å². The molecule has 0 unspecified atom stereocenters. The topological polar surface area (TPSA) is 99.6 Å². The molecule has 42 heavy (non-hydrogen) atoms. The molecule has 0 radical (unpaired) electrons. The normalized spacial score (nSPS) is 11.7. The highest BCUT2D eigenvalue weighted by Crippen LogP contribution is 2.35. The van der Waals surface area contributed by atoms with Gasteiger partial charge in [-0.3, -0.25) is 14.9 Å². The molecule has 0 amide bonds. The van der Waals surface area contributed by atoms with Gasteiger partial charge >= 0.3 is 11.9 Å². The van der Waals surface area contributed by atoms with Crippen molar-refractivity contribution in [3.8, 4) is 17.1 Å². The lowest BCUT2D eigenvalue weighted by atomic mass is 10.1. The Morgan fingerprint density at radius 2 is 1.79 bits per heavy atom. The molecule has 1 heterocycles. The van der Waals surface area contributed by atoms with Crippen molar-refractivity contribution in [2.24, 2.45) is 5.10 Å². The van der Waals surface area contributed by atoms with Crippen molar-refractivity contribution in [2.75, 3.05) is 0 Å². The molecular weight excluding hydrogens is 573 g/mol. The van der Waals surface area contributed by atoms with Gasteiger partial charge in [-0.05, 0) is 42.8 Å². The molecule has 5 rings (SSSR count). The van der Waals surface area contributed by atoms with Gasteiger partial charge in [-0.1, -0.05) is 65.7 Å². The molecule has 0 saturated heterocycles. The molecule has 0 atom stereocenters. The summed E-state index contributed by atoms with van der Waals surface area (Å²) in [6.45, 7) is 1.90. The first-order chi connectivity index (χ1) is 20.0. The molecule has 1 aromatic heterocycles. The number of nitrogens with zero attached hydrogens (tertiary/aromatic N) is 4. The summed E-state index contributed by atoms with van der Waals surface area (Å²) >= 11 is 6.17. The number of hydrogen-bond donors (Lipinski definition) is 0. The van der Waals surface area contributed by atoms with Crippen molar-refractivity contribution >= 4 is 34.4 Å². The standard InChI is InChI=1S/C30H20ClF3N4O4/c1-18-9-11-19(12-10-18)17-42-27-21(14-23(31)15-26(27)38(40)41)16-35-37-28(20-5-4-6-22(13-20)30(32,33)34)36-25-8-3-2-7-24(25)29(37)39/h2-16H,17H2,1H3. The molecule has 0 fully saturated rings. The number of rotatable bonds is 7. The number of aryl methyl sites for hydroxylation is 1. The summed E-state index contributed by atoms with van der Waals surface area (Å²) in [5.74, 6) is -0.323. The third-order valence-corrected chi connectivity index (χ3v) is 6.50. The van der Waals surface area contributed by atoms with E-state index in [9.17, 15) is 28.1 Å². The summed E-state index contributed by atoms with van der Waals surface area (Å²) < 4.78 is 47.1. The number of hydrogen-bond acceptors (Lipinski definition) is 6. The Balaban J connectivity index is 1.66. The summed E-state index contributed by atoms with van der Waals surface area (Å²) in [6.07, 6.45) is -3.51. The molecule has 4 aromatic carbocycles. The highest BCUT2D eigenvalue weighted by Gasteiger charge is 2.31. The van der Waals surface area contributed by atoms with Gasteiger partial charge in [0, 0.05) is 22.2 Å². The van der Waals surface area contributed by atoms with Crippen LogP contribution in [0.25, 0.3) is 22.3 Å². The lowest BCUT2D eigenvalue weighted by molar-refractivity contribution is -0.385. The zero-order chi connectivity index (χ0) is 30.0. The van der Waals surface area contributed by atoms with Crippen molar-refractivity contribution in [1.29, 1.82) is 0 Å². The average Bonchev–Trinajstić information content (AvgIpc) is 2.96. The molecule has 0 spiro atoms. The van der Waals surface area contributed by atoms with Crippen LogP contribution in [0.3, 0.4) is 0 Å². The maximum atomic E-state index is 13.5. The van der Waals surface area contributed by atoms with Gasteiger partial charge in [0.25, 0.3) is 5.56 Å². The molecule has 8 nitrogen and oxygen atoms in total. The third-order valence-electron chi connectivity index (χ3n) is 6.28. The molecule has 212 valence electrons. The fraction of sp³-hybridized carbons (Fsp3) is 0.100. The molecule has 12 heteroatoms. The highest BCUT2D eigenvalue weighted by atomic mass is 35.5. The Morgan fingerprint density at radius 3 is 2.50 bits per heavy atom. The number of benzene rings is 4. The number of ether oxygens (including phenoxy) is 1. The lowest BCUT2D eigenvalue weighted by Gasteiger charge is -2.13. The first-order valence-electron chi connectivity index (χ1n) is 12.4. The van der Waals surface area contributed by atoms with Gasteiger partial charge in [-0.2, -0.15) is 22.9 Å². The molecular formula is C30H20ClF3N4O4. The van der Waals surface area contributed by atoms with Crippen LogP contribution in [0.1, 0.15) is 22.3 Å². The van der Waals surface area contributed by atoms with Crippen LogP contribution < -0.4 is 10.3 Å². The number of fused-ring (bicyclic) bond motifs is 1. The van der Waals surface area contributed by atoms with E-state index < -0.39 is 27.9 Å². The van der Waals surface area contributed by atoms with E-state index in [0.29, 0.717) is 0 Å². The summed E-state index contributed by atoms with van der Waals surface area (Å²) in [7, 11) is 0. The predicted octanol–water partition coefficient (Wildman–Crippen LogP) is 7.41. The second-order valence-electron chi connectivity index (χ2n) is 9.27. The van der Waals surface area contributed by atoms with Crippen LogP contribution >= 0.6 is 11.6 Å². The molecule has 5 aromatic rings. The van der Waals surface area contributed by atoms with E-state index in [4.69, 9.17) is 16.3 Å². The van der Waals surface area contributed by atoms with Crippen LogP contribution in [0, 0.1) is 17.0 Å². The average molecular weight is 593 g/mol. The summed E-state index contributed by atoms with van der Waals surface area (Å²) in [5, 5.41) is 16.3. The second-order valence-corrected chi connectivity index (χ2v) is 9.70. The van der Waals surface area contributed by atoms with Crippen LogP contribution in [0.15, 0.2) is 94.8 Å². The van der Waals surface area contributed by atoms with Gasteiger partial charge in [0.2, 0.25) is 5.75 Å². The van der Waals surface area contributed by atoms with E-state index in [1.165, 1.54) is 24.3 Å². The minimum Gasteiger partial charge on any atom is -0.481 e. The Hall–Kier alpha value is -5.03. The van der Waals surface area contributed by atoms with Crippen molar-refractivity contribution in [1.82, 2.24) is 9.66 Å². The number of halogens is 4. The molecule has 0 aliphatic rings. The van der Waals surface area contributed by atoms with Crippen molar-refractivity contribution < 1.29 is 22.8 Å². The molecule has 0 aliphatic heterocycles. The van der Waals surface area contributed by atoms with Gasteiger partial charge in [-0.15, -0.1) is 0 Å². The lowest BCUT2D eigenvalue weighted by Crippen LogP contribution is -2.20. The zero-order valence-corrected chi connectivity index (χ0v) is 22.6. The Morgan fingerprint density at radius 1 is 1.05 bits per heavy atom.